The van der Waals surface area contributed by atoms with Crippen LogP contribution in [0.2, 0.25) is 0 Å². The van der Waals surface area contributed by atoms with E-state index in [1.54, 1.807) is 12.1 Å². The third-order valence-corrected chi connectivity index (χ3v) is 8.39. The summed E-state index contributed by atoms with van der Waals surface area (Å²) in [5.41, 5.74) is 2.89. The number of fused-ring (bicyclic) bond motifs is 1. The van der Waals surface area contributed by atoms with Crippen molar-refractivity contribution in [2.75, 3.05) is 7.11 Å². The monoisotopic (exact) mass is 648 g/mol. The lowest BCUT2D eigenvalue weighted by molar-refractivity contribution is -0.0660. The molecule has 0 saturated carbocycles. The van der Waals surface area contributed by atoms with Gasteiger partial charge in [-0.25, -0.2) is 0 Å². The van der Waals surface area contributed by atoms with Crippen LogP contribution in [-0.2, 0) is 23.2 Å². The number of rotatable bonds is 6. The number of aliphatic hydroxyl groups is 1. The van der Waals surface area contributed by atoms with Gasteiger partial charge in [-0.15, -0.1) is 0 Å². The van der Waals surface area contributed by atoms with Gasteiger partial charge in [0.2, 0.25) is 0 Å². The van der Waals surface area contributed by atoms with Crippen molar-refractivity contribution in [3.63, 3.8) is 0 Å². The largest absolute Gasteiger partial charge is 0.490 e. The van der Waals surface area contributed by atoms with Crippen molar-refractivity contribution in [2.24, 2.45) is 5.41 Å². The van der Waals surface area contributed by atoms with Crippen LogP contribution in [0.1, 0.15) is 27.0 Å². The number of methoxy groups -OCH3 is 1. The van der Waals surface area contributed by atoms with E-state index in [1.807, 2.05) is 60.7 Å². The molecule has 0 spiro atoms. The minimum absolute atomic E-state index is 0.0975. The van der Waals surface area contributed by atoms with Crippen molar-refractivity contribution in [1.29, 1.82) is 0 Å². The molecule has 0 saturated heterocycles. The SMILES string of the molecule is C=C=C(OC)C1(O)c2ccccc2C(=O)C1(Cc1ccccc1I)Cc1ccccc1I. The van der Waals surface area contributed by atoms with E-state index in [2.05, 4.69) is 57.5 Å². The summed E-state index contributed by atoms with van der Waals surface area (Å²) in [5, 5.41) is 12.5. The molecule has 1 aliphatic rings. The molecule has 1 unspecified atom stereocenters. The molecular formula is C27H22I2O3. The predicted molar refractivity (Wildman–Crippen MR) is 142 cm³/mol. The van der Waals surface area contributed by atoms with Gasteiger partial charge in [-0.2, -0.15) is 0 Å². The normalized spacial score (nSPS) is 18.7. The zero-order valence-electron chi connectivity index (χ0n) is 17.6. The van der Waals surface area contributed by atoms with Crippen molar-refractivity contribution in [1.82, 2.24) is 0 Å². The highest BCUT2D eigenvalue weighted by molar-refractivity contribution is 14.1. The second kappa shape index (κ2) is 9.14. The van der Waals surface area contributed by atoms with Gasteiger partial charge >= 0.3 is 0 Å². The molecule has 0 amide bonds. The quantitative estimate of drug-likeness (QED) is 0.201. The fraction of sp³-hybridized carbons (Fsp3) is 0.185. The lowest BCUT2D eigenvalue weighted by Gasteiger charge is -2.42. The Balaban J connectivity index is 2.04. The lowest BCUT2D eigenvalue weighted by Crippen LogP contribution is -2.50. The van der Waals surface area contributed by atoms with Crippen LogP contribution in [0.15, 0.2) is 90.9 Å². The van der Waals surface area contributed by atoms with E-state index in [0.717, 1.165) is 18.3 Å². The Morgan fingerprint density at radius 1 is 0.938 bits per heavy atom. The first-order valence-corrected chi connectivity index (χ1v) is 12.3. The van der Waals surface area contributed by atoms with Crippen LogP contribution in [0, 0.1) is 12.6 Å². The molecule has 3 nitrogen and oxygen atoms in total. The van der Waals surface area contributed by atoms with Crippen molar-refractivity contribution < 1.29 is 14.6 Å². The molecule has 0 heterocycles. The van der Waals surface area contributed by atoms with E-state index in [1.165, 1.54) is 7.11 Å². The number of Topliss-reactive ketones (excluding diaryl/α,β-unsaturated/α-hetero) is 1. The minimum Gasteiger partial charge on any atom is -0.490 e. The maximum absolute atomic E-state index is 14.2. The molecule has 32 heavy (non-hydrogen) atoms. The van der Waals surface area contributed by atoms with Gasteiger partial charge in [-0.05, 0) is 81.3 Å². The van der Waals surface area contributed by atoms with Gasteiger partial charge in [-0.1, -0.05) is 73.0 Å². The lowest BCUT2D eigenvalue weighted by atomic mass is 9.64. The Morgan fingerprint density at radius 2 is 1.44 bits per heavy atom. The number of hydrogen-bond acceptors (Lipinski definition) is 3. The van der Waals surface area contributed by atoms with E-state index >= 15 is 0 Å². The van der Waals surface area contributed by atoms with Gasteiger partial charge in [0.1, 0.15) is 0 Å². The maximum Gasteiger partial charge on any atom is 0.174 e. The van der Waals surface area contributed by atoms with Gasteiger partial charge in [0.15, 0.2) is 17.1 Å². The number of carbonyl (C=O) groups excluding carboxylic acids is 1. The van der Waals surface area contributed by atoms with E-state index < -0.39 is 11.0 Å². The van der Waals surface area contributed by atoms with Crippen molar-refractivity contribution >= 4 is 51.0 Å². The summed E-state index contributed by atoms with van der Waals surface area (Å²) in [6.45, 7) is 3.77. The Kier molecular flexibility index (Phi) is 6.63. The van der Waals surface area contributed by atoms with Crippen molar-refractivity contribution in [2.45, 2.75) is 18.4 Å². The number of ether oxygens (including phenoxy) is 1. The minimum atomic E-state index is -1.71. The summed E-state index contributed by atoms with van der Waals surface area (Å²) in [4.78, 5) is 14.2. The molecule has 3 aromatic carbocycles. The Hall–Kier alpha value is -1.93. The molecule has 162 valence electrons. The highest BCUT2D eigenvalue weighted by Crippen LogP contribution is 2.57. The number of halogens is 2. The Morgan fingerprint density at radius 3 is 1.94 bits per heavy atom. The van der Waals surface area contributed by atoms with E-state index in [-0.39, 0.29) is 11.5 Å². The molecule has 5 heteroatoms. The second-order valence-corrected chi connectivity index (χ2v) is 10.2. The van der Waals surface area contributed by atoms with Crippen molar-refractivity contribution in [3.8, 4) is 0 Å². The Bertz CT molecular complexity index is 1200. The first-order chi connectivity index (χ1) is 15.4. The van der Waals surface area contributed by atoms with Crippen LogP contribution in [0.3, 0.4) is 0 Å². The average molecular weight is 648 g/mol. The van der Waals surface area contributed by atoms with Crippen LogP contribution in [-0.4, -0.2) is 18.0 Å². The highest BCUT2D eigenvalue weighted by Gasteiger charge is 2.65. The summed E-state index contributed by atoms with van der Waals surface area (Å²) in [7, 11) is 1.49. The molecule has 4 rings (SSSR count). The molecule has 0 fully saturated rings. The van der Waals surface area contributed by atoms with Crippen LogP contribution in [0.4, 0.5) is 0 Å². The van der Waals surface area contributed by atoms with E-state index in [4.69, 9.17) is 4.74 Å². The predicted octanol–water partition coefficient (Wildman–Crippen LogP) is 6.07. The summed E-state index contributed by atoms with van der Waals surface area (Å²) in [6.07, 6.45) is 0.686. The third-order valence-electron chi connectivity index (χ3n) is 6.28. The first-order valence-electron chi connectivity index (χ1n) is 10.2. The summed E-state index contributed by atoms with van der Waals surface area (Å²) in [6, 6.07) is 23.2. The standard InChI is InChI=1S/C27H22I2O3/c1-3-24(32-2)27(31)21-13-7-6-12-20(21)25(30)26(27,16-18-10-4-8-14-22(18)28)17-19-11-5-9-15-23(19)29/h4-15,31H,1,16-17H2,2H3. The fourth-order valence-corrected chi connectivity index (χ4v) is 5.93. The number of hydrogen-bond donors (Lipinski definition) is 1. The van der Waals surface area contributed by atoms with Crippen LogP contribution in [0.25, 0.3) is 0 Å². The summed E-state index contributed by atoms with van der Waals surface area (Å²) < 4.78 is 7.70. The molecule has 1 N–H and O–H groups in total. The number of benzene rings is 3. The maximum atomic E-state index is 14.2. The Labute approximate surface area is 215 Å². The molecule has 1 aliphatic carbocycles. The number of carbonyl (C=O) groups is 1. The van der Waals surface area contributed by atoms with Crippen LogP contribution >= 0.6 is 45.2 Å². The zero-order valence-corrected chi connectivity index (χ0v) is 21.9. The number of ketones is 1. The third kappa shape index (κ3) is 3.55. The topological polar surface area (TPSA) is 46.5 Å². The molecule has 0 aliphatic heterocycles. The highest BCUT2D eigenvalue weighted by atomic mass is 127. The van der Waals surface area contributed by atoms with Gasteiger partial charge in [0.05, 0.1) is 12.5 Å². The van der Waals surface area contributed by atoms with Crippen LogP contribution < -0.4 is 0 Å². The summed E-state index contributed by atoms with van der Waals surface area (Å²) in [5.74, 6) is 0.0624. The zero-order chi connectivity index (χ0) is 22.9. The molecule has 0 aromatic heterocycles. The smallest absolute Gasteiger partial charge is 0.174 e. The van der Waals surface area contributed by atoms with Gasteiger partial charge < -0.3 is 9.84 Å². The van der Waals surface area contributed by atoms with Gasteiger partial charge in [0.25, 0.3) is 0 Å². The molecule has 1 atom stereocenters. The van der Waals surface area contributed by atoms with Crippen LogP contribution in [0.5, 0.6) is 0 Å². The van der Waals surface area contributed by atoms with Gasteiger partial charge in [0, 0.05) is 18.3 Å². The van der Waals surface area contributed by atoms with Gasteiger partial charge in [-0.3, -0.25) is 4.79 Å². The molecular weight excluding hydrogens is 626 g/mol. The molecule has 3 aromatic rings. The van der Waals surface area contributed by atoms with E-state index in [0.29, 0.717) is 24.0 Å². The van der Waals surface area contributed by atoms with E-state index in [9.17, 15) is 9.90 Å². The average Bonchev–Trinajstić information content (AvgIpc) is 2.98. The van der Waals surface area contributed by atoms with Crippen molar-refractivity contribution in [3.05, 3.63) is 120 Å². The molecule has 0 bridgehead atoms. The first kappa shape index (κ1) is 23.2. The summed E-state index contributed by atoms with van der Waals surface area (Å²) >= 11 is 4.57. The fourth-order valence-electron chi connectivity index (χ4n) is 4.78. The molecule has 0 radical (unpaired) electrons. The second-order valence-electron chi connectivity index (χ2n) is 7.91.